The van der Waals surface area contributed by atoms with Gasteiger partial charge in [0.1, 0.15) is 9.98 Å². The summed E-state index contributed by atoms with van der Waals surface area (Å²) in [6.07, 6.45) is 2.14. The van der Waals surface area contributed by atoms with E-state index in [0.717, 1.165) is 28.6 Å². The number of benzene rings is 1. The topological polar surface area (TPSA) is 44.2 Å². The van der Waals surface area contributed by atoms with Crippen LogP contribution in [-0.4, -0.2) is 23.7 Å². The van der Waals surface area contributed by atoms with Gasteiger partial charge in [-0.05, 0) is 49.9 Å². The maximum absolute atomic E-state index is 6.61. The molecule has 0 aliphatic carbocycles. The maximum Gasteiger partial charge on any atom is 0.162 e. The van der Waals surface area contributed by atoms with Gasteiger partial charge >= 0.3 is 0 Å². The van der Waals surface area contributed by atoms with Crippen LogP contribution in [-0.2, 0) is 6.42 Å². The second-order valence-corrected chi connectivity index (χ2v) is 8.23. The third-order valence-corrected chi connectivity index (χ3v) is 6.09. The van der Waals surface area contributed by atoms with Crippen molar-refractivity contribution in [3.63, 3.8) is 0 Å². The van der Waals surface area contributed by atoms with Crippen molar-refractivity contribution in [3.8, 4) is 22.9 Å². The summed E-state index contributed by atoms with van der Waals surface area (Å²) in [5, 5.41) is 1.52. The van der Waals surface area contributed by atoms with Crippen LogP contribution in [0.4, 0.5) is 0 Å². The van der Waals surface area contributed by atoms with Gasteiger partial charge in [0.25, 0.3) is 0 Å². The SMILES string of the molecule is CCOc1ccc(-c2nc(Cl)c3c(C[C@@H](C)CC)c(C)sc3n2)cc1OC. The van der Waals surface area contributed by atoms with Crippen molar-refractivity contribution < 1.29 is 9.47 Å². The highest BCUT2D eigenvalue weighted by Gasteiger charge is 2.19. The van der Waals surface area contributed by atoms with E-state index < -0.39 is 0 Å². The summed E-state index contributed by atoms with van der Waals surface area (Å²) in [6.45, 7) is 9.14. The highest BCUT2D eigenvalue weighted by Crippen LogP contribution is 2.38. The minimum absolute atomic E-state index is 0.519. The van der Waals surface area contributed by atoms with Crippen molar-refractivity contribution in [1.29, 1.82) is 0 Å². The van der Waals surface area contributed by atoms with Crippen LogP contribution in [0.15, 0.2) is 18.2 Å². The molecule has 4 nitrogen and oxygen atoms in total. The Kier molecular flexibility index (Phi) is 6.22. The van der Waals surface area contributed by atoms with E-state index in [1.807, 2.05) is 25.1 Å². The molecule has 0 radical (unpaired) electrons. The minimum Gasteiger partial charge on any atom is -0.493 e. The van der Waals surface area contributed by atoms with Crippen LogP contribution in [0.5, 0.6) is 11.5 Å². The van der Waals surface area contributed by atoms with Crippen LogP contribution in [0.25, 0.3) is 21.6 Å². The lowest BCUT2D eigenvalue weighted by Gasteiger charge is -2.11. The quantitative estimate of drug-likeness (QED) is 0.432. The Bertz CT molecular complexity index is 955. The van der Waals surface area contributed by atoms with E-state index in [0.29, 0.717) is 35.0 Å². The zero-order chi connectivity index (χ0) is 19.6. The number of rotatable bonds is 7. The van der Waals surface area contributed by atoms with Crippen LogP contribution >= 0.6 is 22.9 Å². The first-order chi connectivity index (χ1) is 13.0. The second kappa shape index (κ2) is 8.44. The molecule has 0 saturated heterocycles. The molecule has 1 atom stereocenters. The molecule has 0 bridgehead atoms. The van der Waals surface area contributed by atoms with Crippen LogP contribution in [0, 0.1) is 12.8 Å². The molecule has 0 amide bonds. The molecule has 2 heterocycles. The maximum atomic E-state index is 6.61. The molecule has 0 N–H and O–H groups in total. The number of ether oxygens (including phenoxy) is 2. The van der Waals surface area contributed by atoms with Crippen LogP contribution in [0.3, 0.4) is 0 Å². The summed E-state index contributed by atoms with van der Waals surface area (Å²) in [6, 6.07) is 5.71. The largest absolute Gasteiger partial charge is 0.493 e. The third-order valence-electron chi connectivity index (χ3n) is 4.78. The Morgan fingerprint density at radius 3 is 2.63 bits per heavy atom. The van der Waals surface area contributed by atoms with Crippen molar-refractivity contribution in [1.82, 2.24) is 9.97 Å². The van der Waals surface area contributed by atoms with Crippen molar-refractivity contribution in [2.24, 2.45) is 5.92 Å². The molecular weight excluding hydrogens is 380 g/mol. The van der Waals surface area contributed by atoms with E-state index in [2.05, 4.69) is 25.8 Å². The Hall–Kier alpha value is -1.85. The Balaban J connectivity index is 2.07. The van der Waals surface area contributed by atoms with Crippen LogP contribution in [0.1, 0.15) is 37.6 Å². The molecule has 0 aliphatic rings. The third kappa shape index (κ3) is 4.04. The van der Waals surface area contributed by atoms with Crippen molar-refractivity contribution in [2.75, 3.05) is 13.7 Å². The zero-order valence-corrected chi connectivity index (χ0v) is 18.0. The molecule has 6 heteroatoms. The lowest BCUT2D eigenvalue weighted by atomic mass is 9.98. The van der Waals surface area contributed by atoms with Gasteiger partial charge in [-0.1, -0.05) is 31.9 Å². The molecule has 3 aromatic rings. The van der Waals surface area contributed by atoms with Gasteiger partial charge < -0.3 is 9.47 Å². The summed E-state index contributed by atoms with van der Waals surface area (Å²) >= 11 is 8.30. The first kappa shape index (κ1) is 19.9. The molecule has 1 aromatic carbocycles. The average molecular weight is 405 g/mol. The number of hydrogen-bond acceptors (Lipinski definition) is 5. The van der Waals surface area contributed by atoms with Crippen molar-refractivity contribution >= 4 is 33.2 Å². The van der Waals surface area contributed by atoms with Crippen molar-refractivity contribution in [2.45, 2.75) is 40.5 Å². The van der Waals surface area contributed by atoms with Gasteiger partial charge in [-0.2, -0.15) is 0 Å². The number of fused-ring (bicyclic) bond motifs is 1. The first-order valence-electron chi connectivity index (χ1n) is 9.25. The normalized spacial score (nSPS) is 12.4. The number of thiophene rings is 1. The number of nitrogens with zero attached hydrogens (tertiary/aromatic N) is 2. The molecular formula is C21H25ClN2O2S. The van der Waals surface area contributed by atoms with Crippen LogP contribution < -0.4 is 9.47 Å². The smallest absolute Gasteiger partial charge is 0.162 e. The number of methoxy groups -OCH3 is 1. The number of aryl methyl sites for hydroxylation is 1. The highest BCUT2D eigenvalue weighted by molar-refractivity contribution is 7.18. The lowest BCUT2D eigenvalue weighted by molar-refractivity contribution is 0.311. The predicted octanol–water partition coefficient (Wildman–Crippen LogP) is 6.32. The summed E-state index contributed by atoms with van der Waals surface area (Å²) in [4.78, 5) is 11.6. The van der Waals surface area contributed by atoms with Gasteiger partial charge in [-0.3, -0.25) is 0 Å². The van der Waals surface area contributed by atoms with E-state index in [4.69, 9.17) is 26.1 Å². The lowest BCUT2D eigenvalue weighted by Crippen LogP contribution is -1.99. The Labute approximate surface area is 169 Å². The summed E-state index contributed by atoms with van der Waals surface area (Å²) in [5.74, 6) is 2.57. The molecule has 0 spiro atoms. The molecule has 0 aliphatic heterocycles. The monoisotopic (exact) mass is 404 g/mol. The van der Waals surface area contributed by atoms with Gasteiger partial charge in [0, 0.05) is 10.4 Å². The van der Waals surface area contributed by atoms with E-state index in [-0.39, 0.29) is 0 Å². The number of halogens is 1. The molecule has 0 unspecified atom stereocenters. The molecule has 3 rings (SSSR count). The molecule has 0 saturated carbocycles. The minimum atomic E-state index is 0.519. The summed E-state index contributed by atoms with van der Waals surface area (Å²) < 4.78 is 11.0. The highest BCUT2D eigenvalue weighted by atomic mass is 35.5. The summed E-state index contributed by atoms with van der Waals surface area (Å²) in [7, 11) is 1.63. The van der Waals surface area contributed by atoms with Gasteiger partial charge in [0.15, 0.2) is 17.3 Å². The predicted molar refractivity (Wildman–Crippen MR) is 113 cm³/mol. The van der Waals surface area contributed by atoms with E-state index >= 15 is 0 Å². The zero-order valence-electron chi connectivity index (χ0n) is 16.4. The van der Waals surface area contributed by atoms with E-state index in [9.17, 15) is 0 Å². The molecule has 144 valence electrons. The number of aromatic nitrogens is 2. The fraction of sp³-hybridized carbons (Fsp3) is 0.429. The second-order valence-electron chi connectivity index (χ2n) is 6.67. The molecule has 0 fully saturated rings. The van der Waals surface area contributed by atoms with Gasteiger partial charge in [0.2, 0.25) is 0 Å². The van der Waals surface area contributed by atoms with E-state index in [1.165, 1.54) is 10.4 Å². The van der Waals surface area contributed by atoms with E-state index in [1.54, 1.807) is 18.4 Å². The molecule has 27 heavy (non-hydrogen) atoms. The fourth-order valence-corrected chi connectivity index (χ4v) is 4.47. The van der Waals surface area contributed by atoms with Crippen molar-refractivity contribution in [3.05, 3.63) is 33.8 Å². The Morgan fingerprint density at radius 1 is 1.19 bits per heavy atom. The number of hydrogen-bond donors (Lipinski definition) is 0. The Morgan fingerprint density at radius 2 is 1.96 bits per heavy atom. The van der Waals surface area contributed by atoms with Gasteiger partial charge in [-0.25, -0.2) is 9.97 Å². The van der Waals surface area contributed by atoms with Gasteiger partial charge in [-0.15, -0.1) is 11.3 Å². The molecule has 2 aromatic heterocycles. The first-order valence-corrected chi connectivity index (χ1v) is 10.4. The van der Waals surface area contributed by atoms with Crippen LogP contribution in [0.2, 0.25) is 5.15 Å². The van der Waals surface area contributed by atoms with Gasteiger partial charge in [0.05, 0.1) is 19.1 Å². The summed E-state index contributed by atoms with van der Waals surface area (Å²) in [5.41, 5.74) is 2.14. The average Bonchev–Trinajstić information content (AvgIpc) is 2.97. The standard InChI is InChI=1S/C21H25ClN2O2S/c1-6-12(3)10-15-13(4)27-21-18(15)19(22)23-20(24-21)14-8-9-16(26-7-2)17(11-14)25-5/h8-9,11-12H,6-7,10H2,1-5H3/t12-/m0/s1. The fourth-order valence-electron chi connectivity index (χ4n) is 3.07.